The second kappa shape index (κ2) is 9.37. The van der Waals surface area contributed by atoms with Gasteiger partial charge in [-0.1, -0.05) is 38.3 Å². The van der Waals surface area contributed by atoms with E-state index in [9.17, 15) is 9.36 Å². The van der Waals surface area contributed by atoms with Gasteiger partial charge in [-0.25, -0.2) is 0 Å². The zero-order chi connectivity index (χ0) is 15.7. The lowest BCUT2D eigenvalue weighted by atomic mass is 10.2. The van der Waals surface area contributed by atoms with Gasteiger partial charge in [0.25, 0.3) is 5.52 Å². The molecule has 0 amide bonds. The molecule has 0 saturated carbocycles. The molecule has 0 saturated heterocycles. The average molecular weight is 333 g/mol. The zero-order valence-corrected chi connectivity index (χ0v) is 14.2. The predicted octanol–water partition coefficient (Wildman–Crippen LogP) is 5.31. The van der Waals surface area contributed by atoms with Crippen molar-refractivity contribution in [3.63, 3.8) is 0 Å². The minimum atomic E-state index is -3.79. The molecule has 0 aliphatic rings. The molecule has 0 heterocycles. The monoisotopic (exact) mass is 332 g/mol. The van der Waals surface area contributed by atoms with Gasteiger partial charge in [0.05, 0.1) is 13.2 Å². The molecule has 0 fully saturated rings. The molecule has 0 radical (unpaired) electrons. The Morgan fingerprint density at radius 2 is 1.52 bits per heavy atom. The number of hydrogen-bond acceptors (Lipinski definition) is 4. The van der Waals surface area contributed by atoms with E-state index in [2.05, 4.69) is 0 Å². The molecule has 0 unspecified atom stereocenters. The molecule has 0 bridgehead atoms. The second-order valence-electron chi connectivity index (χ2n) is 4.68. The molecular weight excluding hydrogens is 311 g/mol. The molecule has 118 valence electrons. The van der Waals surface area contributed by atoms with Crippen LogP contribution in [0.2, 0.25) is 5.02 Å². The molecule has 0 atom stereocenters. The van der Waals surface area contributed by atoms with E-state index < -0.39 is 13.1 Å². The zero-order valence-electron chi connectivity index (χ0n) is 12.5. The van der Waals surface area contributed by atoms with Gasteiger partial charge in [0.15, 0.2) is 0 Å². The van der Waals surface area contributed by atoms with Crippen LogP contribution in [0.1, 0.15) is 49.9 Å². The molecule has 0 N–H and O–H groups in total. The van der Waals surface area contributed by atoms with E-state index in [0.717, 1.165) is 25.7 Å². The first kappa shape index (κ1) is 18.4. The minimum absolute atomic E-state index is 0.249. The first-order valence-electron chi connectivity index (χ1n) is 7.23. The number of unbranched alkanes of at least 4 members (excludes halogenated alkanes) is 2. The molecule has 0 aliphatic carbocycles. The molecule has 21 heavy (non-hydrogen) atoms. The van der Waals surface area contributed by atoms with Crippen LogP contribution < -0.4 is 0 Å². The predicted molar refractivity (Wildman–Crippen MR) is 85.1 cm³/mol. The molecule has 0 aromatic heterocycles. The van der Waals surface area contributed by atoms with Crippen LogP contribution >= 0.6 is 19.2 Å². The van der Waals surface area contributed by atoms with Gasteiger partial charge in [0, 0.05) is 10.6 Å². The van der Waals surface area contributed by atoms with Gasteiger partial charge in [0.1, 0.15) is 0 Å². The molecule has 6 heteroatoms. The smallest absolute Gasteiger partial charge is 0.303 e. The van der Waals surface area contributed by atoms with Crippen molar-refractivity contribution < 1.29 is 18.4 Å². The fraction of sp³-hybridized carbons (Fsp3) is 0.533. The summed E-state index contributed by atoms with van der Waals surface area (Å²) in [5.74, 6) is 0. The third-order valence-electron chi connectivity index (χ3n) is 2.86. The second-order valence-corrected chi connectivity index (χ2v) is 7.04. The summed E-state index contributed by atoms with van der Waals surface area (Å²) in [6.45, 7) is 4.49. The number of hydrogen-bond donors (Lipinski definition) is 0. The molecule has 1 rings (SSSR count). The number of benzene rings is 1. The Morgan fingerprint density at radius 3 is 1.95 bits per heavy atom. The summed E-state index contributed by atoms with van der Waals surface area (Å²) in [5.41, 5.74) is -0.317. The standard InChI is InChI=1S/C15H22ClO4P/c1-3-5-11-19-21(18,20-12-6-4-2)15(17)13-7-9-14(16)10-8-13/h7-10H,3-6,11-12H2,1-2H3. The Balaban J connectivity index is 2.85. The van der Waals surface area contributed by atoms with Gasteiger partial charge in [-0.05, 0) is 37.1 Å². The maximum Gasteiger partial charge on any atom is 0.401 e. The van der Waals surface area contributed by atoms with E-state index in [0.29, 0.717) is 5.02 Å². The summed E-state index contributed by atoms with van der Waals surface area (Å²) in [6.07, 6.45) is 3.25. The quantitative estimate of drug-likeness (QED) is 0.430. The average Bonchev–Trinajstić information content (AvgIpc) is 2.48. The van der Waals surface area contributed by atoms with Gasteiger partial charge in [-0.2, -0.15) is 0 Å². The summed E-state index contributed by atoms with van der Waals surface area (Å²) in [6, 6.07) is 6.22. The number of carbonyl (C=O) groups excluding carboxylic acids is 1. The summed E-state index contributed by atoms with van der Waals surface area (Å²) < 4.78 is 23.3. The Kier molecular flexibility index (Phi) is 8.20. The molecule has 0 aliphatic heterocycles. The molecule has 1 aromatic carbocycles. The van der Waals surface area contributed by atoms with Crippen LogP contribution in [0.3, 0.4) is 0 Å². The number of carbonyl (C=O) groups is 1. The highest BCUT2D eigenvalue weighted by molar-refractivity contribution is 7.72. The molecule has 1 aromatic rings. The van der Waals surface area contributed by atoms with Gasteiger partial charge < -0.3 is 9.05 Å². The Labute approximate surface area is 131 Å². The van der Waals surface area contributed by atoms with Gasteiger partial charge in [-0.3, -0.25) is 9.36 Å². The summed E-state index contributed by atoms with van der Waals surface area (Å²) in [4.78, 5) is 12.4. The van der Waals surface area contributed by atoms with E-state index in [4.69, 9.17) is 20.6 Å². The SMILES string of the molecule is CCCCOP(=O)(OCCCC)C(=O)c1ccc(Cl)cc1. The van der Waals surface area contributed by atoms with Crippen LogP contribution in [0.15, 0.2) is 24.3 Å². The van der Waals surface area contributed by atoms with Crippen LogP contribution in [-0.4, -0.2) is 18.7 Å². The topological polar surface area (TPSA) is 52.6 Å². The van der Waals surface area contributed by atoms with E-state index >= 15 is 0 Å². The Hall–Kier alpha value is -0.670. The van der Waals surface area contributed by atoms with Crippen molar-refractivity contribution in [3.05, 3.63) is 34.9 Å². The Bertz CT molecular complexity index is 473. The van der Waals surface area contributed by atoms with Crippen molar-refractivity contribution in [2.75, 3.05) is 13.2 Å². The van der Waals surface area contributed by atoms with Crippen molar-refractivity contribution in [1.29, 1.82) is 0 Å². The summed E-state index contributed by atoms with van der Waals surface area (Å²) >= 11 is 5.79. The fourth-order valence-electron chi connectivity index (χ4n) is 1.56. The van der Waals surface area contributed by atoms with E-state index in [-0.39, 0.29) is 18.8 Å². The van der Waals surface area contributed by atoms with Gasteiger partial charge >= 0.3 is 7.60 Å². The van der Waals surface area contributed by atoms with Crippen LogP contribution in [0.25, 0.3) is 0 Å². The van der Waals surface area contributed by atoms with Crippen molar-refractivity contribution in [1.82, 2.24) is 0 Å². The highest BCUT2D eigenvalue weighted by Gasteiger charge is 2.35. The minimum Gasteiger partial charge on any atom is -0.303 e. The first-order chi connectivity index (χ1) is 10.0. The van der Waals surface area contributed by atoms with Crippen LogP contribution in [0.4, 0.5) is 0 Å². The van der Waals surface area contributed by atoms with E-state index in [1.54, 1.807) is 12.1 Å². The largest absolute Gasteiger partial charge is 0.401 e. The van der Waals surface area contributed by atoms with Gasteiger partial charge in [-0.15, -0.1) is 0 Å². The third-order valence-corrected chi connectivity index (χ3v) is 4.91. The number of rotatable bonds is 10. The normalized spacial score (nSPS) is 11.6. The molecule has 0 spiro atoms. The third kappa shape index (κ3) is 5.91. The lowest BCUT2D eigenvalue weighted by Crippen LogP contribution is -2.09. The maximum atomic E-state index is 12.7. The maximum absolute atomic E-state index is 12.7. The van der Waals surface area contributed by atoms with Crippen molar-refractivity contribution in [2.45, 2.75) is 39.5 Å². The number of halogens is 1. The Morgan fingerprint density at radius 1 is 1.05 bits per heavy atom. The fourth-order valence-corrected chi connectivity index (χ4v) is 3.20. The summed E-state index contributed by atoms with van der Waals surface area (Å²) in [7, 11) is -3.79. The molecule has 4 nitrogen and oxygen atoms in total. The van der Waals surface area contributed by atoms with Gasteiger partial charge in [0.2, 0.25) is 0 Å². The van der Waals surface area contributed by atoms with Crippen molar-refractivity contribution in [2.24, 2.45) is 0 Å². The van der Waals surface area contributed by atoms with Crippen molar-refractivity contribution in [3.8, 4) is 0 Å². The molecular formula is C15H22ClO4P. The van der Waals surface area contributed by atoms with E-state index in [1.807, 2.05) is 13.8 Å². The van der Waals surface area contributed by atoms with E-state index in [1.165, 1.54) is 12.1 Å². The lowest BCUT2D eigenvalue weighted by molar-refractivity contribution is 0.0991. The summed E-state index contributed by atoms with van der Waals surface area (Å²) in [5, 5.41) is 0.514. The van der Waals surface area contributed by atoms with Crippen LogP contribution in [0, 0.1) is 0 Å². The highest BCUT2D eigenvalue weighted by Crippen LogP contribution is 2.51. The van der Waals surface area contributed by atoms with Crippen LogP contribution in [0.5, 0.6) is 0 Å². The lowest BCUT2D eigenvalue weighted by Gasteiger charge is -2.17. The van der Waals surface area contributed by atoms with Crippen molar-refractivity contribution >= 4 is 24.7 Å². The van der Waals surface area contributed by atoms with Crippen LogP contribution in [-0.2, 0) is 13.6 Å². The first-order valence-corrected chi connectivity index (χ1v) is 9.15. The highest BCUT2D eigenvalue weighted by atomic mass is 35.5.